The van der Waals surface area contributed by atoms with Crippen LogP contribution in [0.25, 0.3) is 10.9 Å². The number of pyridine rings is 1. The minimum absolute atomic E-state index is 0.0616. The number of halogens is 1. The second-order valence-electron chi connectivity index (χ2n) is 9.72. The van der Waals surface area contributed by atoms with Gasteiger partial charge < -0.3 is 29.7 Å². The maximum absolute atomic E-state index is 15.0. The number of methoxy groups -OCH3 is 1. The monoisotopic (exact) mass is 588 g/mol. The number of anilines is 1. The maximum atomic E-state index is 15.0. The SMILES string of the molecule is CCN(CC)CCCOc1ccc2c(Oc3ccc(NC(=O)C(=O)NCCc4ccccc4)cc3F)ccnc2c1OC. The molecule has 2 amide bonds. The Kier molecular flexibility index (Phi) is 11.3. The zero-order chi connectivity index (χ0) is 30.6. The van der Waals surface area contributed by atoms with Gasteiger partial charge in [-0.05, 0) is 61.8 Å². The van der Waals surface area contributed by atoms with Crippen molar-refractivity contribution in [1.29, 1.82) is 0 Å². The predicted molar refractivity (Wildman–Crippen MR) is 164 cm³/mol. The molecular formula is C33H37FN4O5. The first-order chi connectivity index (χ1) is 20.9. The summed E-state index contributed by atoms with van der Waals surface area (Å²) in [5.41, 5.74) is 1.68. The van der Waals surface area contributed by atoms with E-state index < -0.39 is 17.6 Å². The summed E-state index contributed by atoms with van der Waals surface area (Å²) in [7, 11) is 1.54. The van der Waals surface area contributed by atoms with E-state index in [4.69, 9.17) is 14.2 Å². The van der Waals surface area contributed by atoms with Crippen LogP contribution >= 0.6 is 0 Å². The Bertz CT molecular complexity index is 1530. The molecule has 9 nitrogen and oxygen atoms in total. The minimum Gasteiger partial charge on any atom is -0.491 e. The van der Waals surface area contributed by atoms with Crippen molar-refractivity contribution in [1.82, 2.24) is 15.2 Å². The number of ether oxygens (including phenoxy) is 3. The zero-order valence-corrected chi connectivity index (χ0v) is 24.7. The molecule has 0 aliphatic carbocycles. The minimum atomic E-state index is -0.889. The molecule has 0 unspecified atom stereocenters. The number of benzene rings is 3. The molecule has 4 aromatic rings. The highest BCUT2D eigenvalue weighted by Crippen LogP contribution is 2.39. The van der Waals surface area contributed by atoms with Gasteiger partial charge in [0.1, 0.15) is 11.3 Å². The highest BCUT2D eigenvalue weighted by atomic mass is 19.1. The van der Waals surface area contributed by atoms with E-state index in [1.165, 1.54) is 12.1 Å². The molecule has 43 heavy (non-hydrogen) atoms. The number of hydrogen-bond donors (Lipinski definition) is 2. The number of fused-ring (bicyclic) bond motifs is 1. The van der Waals surface area contributed by atoms with E-state index in [-0.39, 0.29) is 11.4 Å². The highest BCUT2D eigenvalue weighted by Gasteiger charge is 2.17. The molecule has 226 valence electrons. The van der Waals surface area contributed by atoms with Crippen LogP contribution in [0.5, 0.6) is 23.0 Å². The molecule has 0 saturated heterocycles. The number of rotatable bonds is 14. The third-order valence-corrected chi connectivity index (χ3v) is 6.92. The Labute approximate surface area is 251 Å². The lowest BCUT2D eigenvalue weighted by Crippen LogP contribution is -2.36. The summed E-state index contributed by atoms with van der Waals surface area (Å²) in [6, 6.07) is 18.7. The third-order valence-electron chi connectivity index (χ3n) is 6.92. The summed E-state index contributed by atoms with van der Waals surface area (Å²) < 4.78 is 32.6. The molecule has 4 rings (SSSR count). The van der Waals surface area contributed by atoms with Crippen LogP contribution in [0.4, 0.5) is 10.1 Å². The quantitative estimate of drug-likeness (QED) is 0.146. The van der Waals surface area contributed by atoms with Gasteiger partial charge in [-0.25, -0.2) is 4.39 Å². The van der Waals surface area contributed by atoms with E-state index >= 15 is 4.39 Å². The van der Waals surface area contributed by atoms with Crippen LogP contribution in [0.15, 0.2) is 72.9 Å². The average molecular weight is 589 g/mol. The number of carbonyl (C=O) groups excluding carboxylic acids is 2. The molecule has 0 atom stereocenters. The van der Waals surface area contributed by atoms with Crippen molar-refractivity contribution in [3.63, 3.8) is 0 Å². The van der Waals surface area contributed by atoms with Gasteiger partial charge in [0.2, 0.25) is 0 Å². The predicted octanol–water partition coefficient (Wildman–Crippen LogP) is 5.58. The Morgan fingerprint density at radius 1 is 0.930 bits per heavy atom. The molecule has 0 bridgehead atoms. The van der Waals surface area contributed by atoms with Gasteiger partial charge in [-0.2, -0.15) is 0 Å². The second kappa shape index (κ2) is 15.5. The largest absolute Gasteiger partial charge is 0.491 e. The third kappa shape index (κ3) is 8.42. The summed E-state index contributed by atoms with van der Waals surface area (Å²) >= 11 is 0. The van der Waals surface area contributed by atoms with E-state index in [0.29, 0.717) is 47.7 Å². The molecule has 0 spiro atoms. The lowest BCUT2D eigenvalue weighted by Gasteiger charge is -2.18. The number of carbonyl (C=O) groups is 2. The summed E-state index contributed by atoms with van der Waals surface area (Å²) in [5, 5.41) is 5.59. The molecule has 0 aliphatic heterocycles. The molecule has 0 aliphatic rings. The molecule has 0 saturated carbocycles. The zero-order valence-electron chi connectivity index (χ0n) is 24.7. The van der Waals surface area contributed by atoms with Crippen molar-refractivity contribution in [2.45, 2.75) is 26.7 Å². The van der Waals surface area contributed by atoms with Crippen molar-refractivity contribution >= 4 is 28.4 Å². The molecule has 0 radical (unpaired) electrons. The highest BCUT2D eigenvalue weighted by molar-refractivity contribution is 6.39. The average Bonchev–Trinajstić information content (AvgIpc) is 3.02. The lowest BCUT2D eigenvalue weighted by molar-refractivity contribution is -0.136. The molecule has 2 N–H and O–H groups in total. The fraction of sp³-hybridized carbons (Fsp3) is 0.303. The van der Waals surface area contributed by atoms with E-state index in [2.05, 4.69) is 34.4 Å². The van der Waals surface area contributed by atoms with Crippen LogP contribution in [0, 0.1) is 5.82 Å². The van der Waals surface area contributed by atoms with Gasteiger partial charge in [-0.15, -0.1) is 0 Å². The Balaban J connectivity index is 1.38. The maximum Gasteiger partial charge on any atom is 0.313 e. The van der Waals surface area contributed by atoms with Gasteiger partial charge in [-0.1, -0.05) is 44.2 Å². The van der Waals surface area contributed by atoms with Gasteiger partial charge in [0, 0.05) is 36.4 Å². The molecule has 1 heterocycles. The normalized spacial score (nSPS) is 10.9. The Morgan fingerprint density at radius 3 is 2.42 bits per heavy atom. The van der Waals surface area contributed by atoms with E-state index in [9.17, 15) is 9.59 Å². The molecule has 10 heteroatoms. The van der Waals surface area contributed by atoms with Crippen LogP contribution in [0.3, 0.4) is 0 Å². The van der Waals surface area contributed by atoms with Gasteiger partial charge in [0.15, 0.2) is 23.1 Å². The molecule has 1 aromatic heterocycles. The van der Waals surface area contributed by atoms with Gasteiger partial charge in [-0.3, -0.25) is 14.6 Å². The van der Waals surface area contributed by atoms with Crippen LogP contribution in [0.2, 0.25) is 0 Å². The van der Waals surface area contributed by atoms with Crippen molar-refractivity contribution in [2.24, 2.45) is 0 Å². The summed E-state index contributed by atoms with van der Waals surface area (Å²) in [4.78, 5) is 31.3. The van der Waals surface area contributed by atoms with Crippen molar-refractivity contribution < 1.29 is 28.2 Å². The van der Waals surface area contributed by atoms with Crippen LogP contribution in [-0.4, -0.2) is 61.6 Å². The second-order valence-corrected chi connectivity index (χ2v) is 9.72. The van der Waals surface area contributed by atoms with E-state index in [0.717, 1.165) is 37.7 Å². The van der Waals surface area contributed by atoms with Crippen LogP contribution in [-0.2, 0) is 16.0 Å². The van der Waals surface area contributed by atoms with Crippen molar-refractivity contribution in [2.75, 3.05) is 45.2 Å². The van der Waals surface area contributed by atoms with Crippen molar-refractivity contribution in [3.8, 4) is 23.0 Å². The number of nitrogens with zero attached hydrogens (tertiary/aromatic N) is 2. The first kappa shape index (κ1) is 31.2. The number of nitrogens with one attached hydrogen (secondary N) is 2. The van der Waals surface area contributed by atoms with Gasteiger partial charge >= 0.3 is 11.8 Å². The van der Waals surface area contributed by atoms with Gasteiger partial charge in [0.25, 0.3) is 0 Å². The molecular weight excluding hydrogens is 551 g/mol. The van der Waals surface area contributed by atoms with Crippen LogP contribution < -0.4 is 24.8 Å². The molecule has 0 fully saturated rings. The van der Waals surface area contributed by atoms with Gasteiger partial charge in [0.05, 0.1) is 13.7 Å². The van der Waals surface area contributed by atoms with Crippen LogP contribution in [0.1, 0.15) is 25.8 Å². The Morgan fingerprint density at radius 2 is 1.70 bits per heavy atom. The Hall–Kier alpha value is -4.70. The first-order valence-corrected chi connectivity index (χ1v) is 14.3. The smallest absolute Gasteiger partial charge is 0.313 e. The summed E-state index contributed by atoms with van der Waals surface area (Å²) in [5.74, 6) is -1.08. The molecule has 3 aromatic carbocycles. The summed E-state index contributed by atoms with van der Waals surface area (Å²) in [6.45, 7) is 8.02. The number of amides is 2. The fourth-order valence-electron chi connectivity index (χ4n) is 4.57. The van der Waals surface area contributed by atoms with E-state index in [1.54, 1.807) is 31.5 Å². The summed E-state index contributed by atoms with van der Waals surface area (Å²) in [6.07, 6.45) is 3.00. The lowest BCUT2D eigenvalue weighted by atomic mass is 10.1. The van der Waals surface area contributed by atoms with E-state index in [1.807, 2.05) is 30.3 Å². The van der Waals surface area contributed by atoms with Crippen molar-refractivity contribution in [3.05, 3.63) is 84.3 Å². The number of hydrogen-bond acceptors (Lipinski definition) is 7. The first-order valence-electron chi connectivity index (χ1n) is 14.3. The topological polar surface area (TPSA) is 102 Å². The number of aromatic nitrogens is 1. The fourth-order valence-corrected chi connectivity index (χ4v) is 4.57. The standard InChI is InChI=1S/C33H37FN4O5/c1-4-38(5-2)20-9-21-42-29-15-13-25-27(17-19-35-30(25)31(29)41-3)43-28-14-12-24(22-26(28)34)37-33(40)32(39)36-18-16-23-10-7-6-8-11-23/h6-8,10-15,17,19,22H,4-5,9,16,18,20-21H2,1-3H3,(H,36,39)(H,37,40).